The molecule has 1 saturated heterocycles. The highest BCUT2D eigenvalue weighted by atomic mass is 32.2. The second-order valence-electron chi connectivity index (χ2n) is 16.6. The third kappa shape index (κ3) is 10.9. The maximum absolute atomic E-state index is 14.3. The van der Waals surface area contributed by atoms with Crippen molar-refractivity contribution >= 4 is 33.7 Å². The number of sulfonamides is 1. The Balaban J connectivity index is 1.61. The van der Waals surface area contributed by atoms with Crippen LogP contribution in [0.1, 0.15) is 78.4 Å². The largest absolute Gasteiger partial charge is 0.376 e. The van der Waals surface area contributed by atoms with Crippen LogP contribution in [-0.2, 0) is 37.2 Å². The van der Waals surface area contributed by atoms with Crippen LogP contribution in [-0.4, -0.2) is 109 Å². The Hall–Kier alpha value is -3.33. The second-order valence-corrected chi connectivity index (χ2v) is 18.9. The Morgan fingerprint density at radius 3 is 2.19 bits per heavy atom. The van der Waals surface area contributed by atoms with Crippen molar-refractivity contribution in [2.45, 2.75) is 110 Å². The van der Waals surface area contributed by atoms with Crippen LogP contribution in [0.3, 0.4) is 0 Å². The van der Waals surface area contributed by atoms with Gasteiger partial charge in [-0.05, 0) is 72.8 Å². The van der Waals surface area contributed by atoms with Crippen LogP contribution >= 0.6 is 0 Å². The number of aliphatic hydroxyl groups is 1. The maximum atomic E-state index is 14.3. The van der Waals surface area contributed by atoms with Crippen molar-refractivity contribution in [3.05, 3.63) is 48.0 Å². The molecule has 0 spiro atoms. The Kier molecular flexibility index (Phi) is 14.3. The quantitative estimate of drug-likeness (QED) is 0.112. The van der Waals surface area contributed by atoms with Crippen LogP contribution in [0.25, 0.3) is 0 Å². The number of carbonyl (C=O) groups excluding carboxylic acids is 4. The molecule has 2 unspecified atom stereocenters. The van der Waals surface area contributed by atoms with Gasteiger partial charge in [0.15, 0.2) is 0 Å². The Bertz CT molecular complexity index is 1570. The van der Waals surface area contributed by atoms with Crippen LogP contribution in [0, 0.1) is 29.1 Å². The molecule has 296 valence electrons. The monoisotopic (exact) mass is 758 g/mol. The predicted molar refractivity (Wildman–Crippen MR) is 205 cm³/mol. The van der Waals surface area contributed by atoms with Gasteiger partial charge < -0.3 is 26.4 Å². The van der Waals surface area contributed by atoms with E-state index in [4.69, 9.17) is 0 Å². The number of nitrogens with zero attached hydrogens (tertiary/aromatic N) is 2. The zero-order valence-corrected chi connectivity index (χ0v) is 33.4. The highest BCUT2D eigenvalue weighted by molar-refractivity contribution is 7.89. The number of benzene rings is 1. The number of likely N-dealkylation sites (tertiary alicyclic amines) is 1. The summed E-state index contributed by atoms with van der Waals surface area (Å²) in [4.78, 5) is 56.0. The first-order valence-corrected chi connectivity index (χ1v) is 20.7. The van der Waals surface area contributed by atoms with Crippen molar-refractivity contribution in [2.24, 2.45) is 29.1 Å². The van der Waals surface area contributed by atoms with Gasteiger partial charge in [-0.3, -0.25) is 19.3 Å². The molecule has 1 saturated carbocycles. The van der Waals surface area contributed by atoms with E-state index < -0.39 is 69.5 Å². The Labute approximate surface area is 316 Å². The minimum Gasteiger partial charge on any atom is -0.376 e. The van der Waals surface area contributed by atoms with Crippen molar-refractivity contribution in [3.8, 4) is 0 Å². The number of hydrogen-bond donors (Lipinski definition) is 5. The summed E-state index contributed by atoms with van der Waals surface area (Å²) < 4.78 is 26.5. The Morgan fingerprint density at radius 1 is 1.04 bits per heavy atom. The van der Waals surface area contributed by atoms with Gasteiger partial charge in [-0.25, -0.2) is 17.5 Å². The van der Waals surface area contributed by atoms with E-state index >= 15 is 0 Å². The lowest BCUT2D eigenvalue weighted by atomic mass is 9.86. The average Bonchev–Trinajstić information content (AvgIpc) is 3.63. The molecule has 4 amide bonds. The fourth-order valence-electron chi connectivity index (χ4n) is 7.73. The van der Waals surface area contributed by atoms with Crippen LogP contribution < -0.4 is 21.3 Å². The van der Waals surface area contributed by atoms with Crippen molar-refractivity contribution in [3.63, 3.8) is 0 Å². The van der Waals surface area contributed by atoms with Gasteiger partial charge >= 0.3 is 6.03 Å². The maximum Gasteiger partial charge on any atom is 0.315 e. The molecule has 3 aliphatic rings. The van der Waals surface area contributed by atoms with E-state index in [2.05, 4.69) is 27.8 Å². The number of rotatable bonds is 18. The molecule has 1 heterocycles. The summed E-state index contributed by atoms with van der Waals surface area (Å²) in [5.74, 6) is -2.03. The summed E-state index contributed by atoms with van der Waals surface area (Å²) in [6, 6.07) is 4.28. The van der Waals surface area contributed by atoms with Gasteiger partial charge in [0.05, 0.1) is 23.9 Å². The Morgan fingerprint density at radius 2 is 1.66 bits per heavy atom. The van der Waals surface area contributed by atoms with Gasteiger partial charge in [0.25, 0.3) is 5.91 Å². The molecular formula is C39H62N6O7S. The molecule has 2 aliphatic carbocycles. The lowest BCUT2D eigenvalue weighted by Crippen LogP contribution is -2.63. The van der Waals surface area contributed by atoms with Crippen molar-refractivity contribution in [1.29, 1.82) is 0 Å². The predicted octanol–water partition coefficient (Wildman–Crippen LogP) is 2.59. The van der Waals surface area contributed by atoms with E-state index in [1.54, 1.807) is 11.8 Å². The highest BCUT2D eigenvalue weighted by Gasteiger charge is 2.48. The smallest absolute Gasteiger partial charge is 0.315 e. The fraction of sp³-hybridized carbons (Fsp3) is 0.692. The second kappa shape index (κ2) is 17.9. The zero-order chi connectivity index (χ0) is 39.2. The van der Waals surface area contributed by atoms with E-state index in [9.17, 15) is 32.7 Å². The van der Waals surface area contributed by atoms with Crippen molar-refractivity contribution < 1.29 is 32.7 Å². The van der Waals surface area contributed by atoms with E-state index in [-0.39, 0.29) is 42.5 Å². The number of ketones is 1. The third-order valence-corrected chi connectivity index (χ3v) is 13.1. The van der Waals surface area contributed by atoms with E-state index in [0.29, 0.717) is 32.2 Å². The third-order valence-electron chi connectivity index (χ3n) is 11.3. The molecule has 1 aliphatic heterocycles. The molecule has 6 atom stereocenters. The molecule has 1 aromatic carbocycles. The number of amides is 4. The number of likely N-dealkylation sites (N-methyl/N-ethyl adjacent to an activating group) is 1. The fourth-order valence-corrected chi connectivity index (χ4v) is 8.55. The van der Waals surface area contributed by atoms with Gasteiger partial charge in [-0.2, -0.15) is 0 Å². The summed E-state index contributed by atoms with van der Waals surface area (Å²) in [7, 11) is -2.00. The molecule has 14 heteroatoms. The molecule has 0 radical (unpaired) electrons. The van der Waals surface area contributed by atoms with Gasteiger partial charge in [0.1, 0.15) is 6.23 Å². The van der Waals surface area contributed by atoms with Crippen LogP contribution in [0.15, 0.2) is 36.9 Å². The first-order chi connectivity index (χ1) is 24.9. The van der Waals surface area contributed by atoms with Crippen LogP contribution in [0.2, 0.25) is 0 Å². The summed E-state index contributed by atoms with van der Waals surface area (Å²) in [6.45, 7) is 15.6. The normalized spacial score (nSPS) is 21.8. The molecule has 4 rings (SSSR count). The minimum atomic E-state index is -3.50. The number of fused-ring (bicyclic) bond motifs is 1. The van der Waals surface area contributed by atoms with Gasteiger partial charge in [-0.1, -0.05) is 77.8 Å². The van der Waals surface area contributed by atoms with Gasteiger partial charge in [0.2, 0.25) is 21.7 Å². The highest BCUT2D eigenvalue weighted by Crippen LogP contribution is 2.37. The van der Waals surface area contributed by atoms with Crippen LogP contribution in [0.5, 0.6) is 0 Å². The lowest BCUT2D eigenvalue weighted by Gasteiger charge is -2.40. The summed E-state index contributed by atoms with van der Waals surface area (Å²) in [6.07, 6.45) is 4.25. The molecule has 53 heavy (non-hydrogen) atoms. The van der Waals surface area contributed by atoms with Gasteiger partial charge in [0, 0.05) is 32.7 Å². The number of urea groups is 1. The van der Waals surface area contributed by atoms with E-state index in [1.807, 2.05) is 58.9 Å². The number of nitrogens with one attached hydrogen (secondary N) is 4. The van der Waals surface area contributed by atoms with Crippen molar-refractivity contribution in [1.82, 2.24) is 30.5 Å². The minimum absolute atomic E-state index is 0.0609. The van der Waals surface area contributed by atoms with E-state index in [1.165, 1.54) is 17.4 Å². The molecule has 0 aromatic heterocycles. The number of hydrogen-bond acceptors (Lipinski definition) is 8. The molecule has 0 bridgehead atoms. The SMILES string of the molecule is C=CCNC(=O)C(=O)C(CC1CC1)NC(=O)[C@@H]1[C@@H](C(C)C)CCN1C(O)[C@@H](NC(=O)N[C@H](CN(C)S(=O)(=O)CC)C(C)(C)C)C1Cc2ccccc2C1. The number of Topliss-reactive ketones (excluding diaryl/α,β-unsaturated/α-hetero) is 1. The molecule has 13 nitrogen and oxygen atoms in total. The average molecular weight is 759 g/mol. The molecule has 5 N–H and O–H groups in total. The summed E-state index contributed by atoms with van der Waals surface area (Å²) >= 11 is 0. The van der Waals surface area contributed by atoms with Crippen LogP contribution in [0.4, 0.5) is 4.79 Å². The topological polar surface area (TPSA) is 177 Å². The summed E-state index contributed by atoms with van der Waals surface area (Å²) in [5.41, 5.74) is 1.75. The zero-order valence-electron chi connectivity index (χ0n) is 32.6. The molecular weight excluding hydrogens is 697 g/mol. The molecule has 2 fully saturated rings. The number of carbonyl (C=O) groups is 4. The lowest BCUT2D eigenvalue weighted by molar-refractivity contribution is -0.142. The number of aliphatic hydroxyl groups excluding tert-OH is 1. The van der Waals surface area contributed by atoms with Gasteiger partial charge in [-0.15, -0.1) is 6.58 Å². The summed E-state index contributed by atoms with van der Waals surface area (Å²) in [5, 5.41) is 23.9. The first-order valence-electron chi connectivity index (χ1n) is 19.1. The van der Waals surface area contributed by atoms with Crippen molar-refractivity contribution in [2.75, 3.05) is 32.4 Å². The molecule has 1 aromatic rings. The first kappa shape index (κ1) is 42.4. The van der Waals surface area contributed by atoms with E-state index in [0.717, 1.165) is 24.0 Å². The standard InChI is InChI=1S/C39H62N6O7S/c1-9-18-40-36(48)34(46)30(20-25-15-16-25)41-35(47)33-29(24(3)4)17-19-45(33)37(49)32(28-21-26-13-11-12-14-27(26)22-28)43-38(50)42-31(39(5,6)7)23-44(8)53(51,52)10-2/h9,11-14,24-25,28-33,37,49H,1,10,15-23H2,2-8H3,(H,40,48)(H,41,47)(H2,42,43,50)/t29-,30?,31-,32+,33+,37?/m1/s1.